The van der Waals surface area contributed by atoms with Gasteiger partial charge in [-0.2, -0.15) is 0 Å². The standard InChI is InChI=1S/C24H27N3O5/c28-22-13-21(16-27-10-8-26(9-11-27)15-19-5-2-1-3-6-19)31-17-23(22)32-18-24(29)25-14-20-7-4-12-30-20/h1-7,12-13,17H,8-11,14-16,18H2,(H,25,29). The van der Waals surface area contributed by atoms with Crippen molar-refractivity contribution in [1.29, 1.82) is 0 Å². The van der Waals surface area contributed by atoms with Crippen LogP contribution >= 0.6 is 0 Å². The first kappa shape index (κ1) is 21.9. The van der Waals surface area contributed by atoms with E-state index >= 15 is 0 Å². The van der Waals surface area contributed by atoms with E-state index in [0.717, 1.165) is 32.7 Å². The van der Waals surface area contributed by atoms with Crippen molar-refractivity contribution in [3.63, 3.8) is 0 Å². The van der Waals surface area contributed by atoms with E-state index in [-0.39, 0.29) is 30.2 Å². The lowest BCUT2D eigenvalue weighted by Gasteiger charge is -2.34. The molecule has 1 aliphatic rings. The predicted octanol–water partition coefficient (Wildman–Crippen LogP) is 2.25. The lowest BCUT2D eigenvalue weighted by Crippen LogP contribution is -2.45. The zero-order valence-corrected chi connectivity index (χ0v) is 17.9. The Labute approximate surface area is 186 Å². The molecule has 0 radical (unpaired) electrons. The van der Waals surface area contributed by atoms with Crippen molar-refractivity contribution in [1.82, 2.24) is 15.1 Å². The largest absolute Gasteiger partial charge is 0.477 e. The molecule has 1 aliphatic heterocycles. The summed E-state index contributed by atoms with van der Waals surface area (Å²) in [6.07, 6.45) is 2.82. The molecule has 3 heterocycles. The Bertz CT molecular complexity index is 1040. The maximum absolute atomic E-state index is 12.3. The number of ether oxygens (including phenoxy) is 1. The molecule has 1 saturated heterocycles. The van der Waals surface area contributed by atoms with Gasteiger partial charge in [0.1, 0.15) is 17.8 Å². The molecule has 168 valence electrons. The van der Waals surface area contributed by atoms with Gasteiger partial charge in [0, 0.05) is 38.8 Å². The van der Waals surface area contributed by atoms with Gasteiger partial charge in [0.25, 0.3) is 5.91 Å². The number of furan rings is 1. The average molecular weight is 437 g/mol. The van der Waals surface area contributed by atoms with Gasteiger partial charge < -0.3 is 18.9 Å². The summed E-state index contributed by atoms with van der Waals surface area (Å²) < 4.78 is 16.1. The van der Waals surface area contributed by atoms with Crippen molar-refractivity contribution in [2.24, 2.45) is 0 Å². The Balaban J connectivity index is 1.20. The van der Waals surface area contributed by atoms with Crippen LogP contribution in [0.5, 0.6) is 5.75 Å². The summed E-state index contributed by atoms with van der Waals surface area (Å²) in [5.74, 6) is 0.900. The summed E-state index contributed by atoms with van der Waals surface area (Å²) in [6.45, 7) is 5.26. The van der Waals surface area contributed by atoms with Gasteiger partial charge in [-0.1, -0.05) is 30.3 Å². The number of rotatable bonds is 9. The molecule has 1 fully saturated rings. The van der Waals surface area contributed by atoms with E-state index in [4.69, 9.17) is 13.6 Å². The fraction of sp³-hybridized carbons (Fsp3) is 0.333. The lowest BCUT2D eigenvalue weighted by molar-refractivity contribution is -0.123. The summed E-state index contributed by atoms with van der Waals surface area (Å²) in [5, 5.41) is 2.66. The molecule has 0 saturated carbocycles. The molecular formula is C24H27N3O5. The number of benzene rings is 1. The third-order valence-electron chi connectivity index (χ3n) is 5.34. The summed E-state index contributed by atoms with van der Waals surface area (Å²) >= 11 is 0. The van der Waals surface area contributed by atoms with E-state index in [0.29, 0.717) is 18.1 Å². The first-order valence-electron chi connectivity index (χ1n) is 10.7. The maximum atomic E-state index is 12.3. The molecule has 1 amide bonds. The Hall–Kier alpha value is -3.36. The second-order valence-electron chi connectivity index (χ2n) is 7.76. The molecule has 0 bridgehead atoms. The smallest absolute Gasteiger partial charge is 0.258 e. The Morgan fingerprint density at radius 3 is 2.38 bits per heavy atom. The van der Waals surface area contributed by atoms with E-state index < -0.39 is 0 Å². The number of carbonyl (C=O) groups excluding carboxylic acids is 1. The fourth-order valence-electron chi connectivity index (χ4n) is 3.59. The van der Waals surface area contributed by atoms with Crippen molar-refractivity contribution in [2.45, 2.75) is 19.6 Å². The molecule has 1 aromatic carbocycles. The quantitative estimate of drug-likeness (QED) is 0.549. The van der Waals surface area contributed by atoms with Crippen LogP contribution in [0.4, 0.5) is 0 Å². The van der Waals surface area contributed by atoms with Gasteiger partial charge >= 0.3 is 0 Å². The average Bonchev–Trinajstić information content (AvgIpc) is 3.33. The zero-order chi connectivity index (χ0) is 22.2. The van der Waals surface area contributed by atoms with Crippen LogP contribution in [0.2, 0.25) is 0 Å². The normalized spacial score (nSPS) is 14.9. The van der Waals surface area contributed by atoms with Gasteiger partial charge in [0.05, 0.1) is 19.4 Å². The maximum Gasteiger partial charge on any atom is 0.258 e. The van der Waals surface area contributed by atoms with Crippen LogP contribution in [0.1, 0.15) is 17.1 Å². The minimum Gasteiger partial charge on any atom is -0.477 e. The van der Waals surface area contributed by atoms with Crippen molar-refractivity contribution in [2.75, 3.05) is 32.8 Å². The molecule has 4 rings (SSSR count). The Kier molecular flexibility index (Phi) is 7.37. The molecule has 32 heavy (non-hydrogen) atoms. The highest BCUT2D eigenvalue weighted by atomic mass is 16.5. The minimum atomic E-state index is -0.349. The molecular weight excluding hydrogens is 410 g/mol. The third kappa shape index (κ3) is 6.32. The minimum absolute atomic E-state index is 0.0228. The fourth-order valence-corrected chi connectivity index (χ4v) is 3.59. The highest BCUT2D eigenvalue weighted by Crippen LogP contribution is 2.12. The van der Waals surface area contributed by atoms with Gasteiger partial charge in [0.15, 0.2) is 6.61 Å². The van der Waals surface area contributed by atoms with Crippen LogP contribution < -0.4 is 15.5 Å². The molecule has 1 N–H and O–H groups in total. The zero-order valence-electron chi connectivity index (χ0n) is 17.9. The van der Waals surface area contributed by atoms with E-state index in [1.54, 1.807) is 12.1 Å². The Morgan fingerprint density at radius 1 is 0.938 bits per heavy atom. The molecule has 0 spiro atoms. The number of hydrogen-bond acceptors (Lipinski definition) is 7. The topological polar surface area (TPSA) is 88.2 Å². The molecule has 3 aromatic rings. The van der Waals surface area contributed by atoms with E-state index in [1.165, 1.54) is 24.2 Å². The highest BCUT2D eigenvalue weighted by molar-refractivity contribution is 5.77. The number of piperazine rings is 1. The Morgan fingerprint density at radius 2 is 1.69 bits per heavy atom. The molecule has 0 unspecified atom stereocenters. The summed E-state index contributed by atoms with van der Waals surface area (Å²) in [4.78, 5) is 28.9. The van der Waals surface area contributed by atoms with Crippen molar-refractivity contribution < 1.29 is 18.4 Å². The molecule has 0 atom stereocenters. The van der Waals surface area contributed by atoms with Gasteiger partial charge in [0.2, 0.25) is 11.2 Å². The summed E-state index contributed by atoms with van der Waals surface area (Å²) in [6, 6.07) is 15.4. The number of amides is 1. The van der Waals surface area contributed by atoms with Crippen molar-refractivity contribution >= 4 is 5.91 Å². The second-order valence-corrected chi connectivity index (χ2v) is 7.76. The van der Waals surface area contributed by atoms with E-state index in [2.05, 4.69) is 39.4 Å². The van der Waals surface area contributed by atoms with Crippen LogP contribution in [0.15, 0.2) is 74.7 Å². The highest BCUT2D eigenvalue weighted by Gasteiger charge is 2.18. The molecule has 2 aromatic heterocycles. The van der Waals surface area contributed by atoms with Crippen LogP contribution in [-0.2, 0) is 24.4 Å². The van der Waals surface area contributed by atoms with E-state index in [1.807, 2.05) is 6.07 Å². The van der Waals surface area contributed by atoms with E-state index in [9.17, 15) is 9.59 Å². The van der Waals surface area contributed by atoms with Crippen LogP contribution in [-0.4, -0.2) is 48.5 Å². The SMILES string of the molecule is O=C(COc1coc(CN2CCN(Cc3ccccc3)CC2)cc1=O)NCc1ccco1. The molecule has 8 nitrogen and oxygen atoms in total. The van der Waals surface area contributed by atoms with Crippen molar-refractivity contribution in [3.8, 4) is 5.75 Å². The number of carbonyl (C=O) groups is 1. The first-order chi connectivity index (χ1) is 15.7. The second kappa shape index (κ2) is 10.8. The van der Waals surface area contributed by atoms with Crippen LogP contribution in [0.25, 0.3) is 0 Å². The predicted molar refractivity (Wildman–Crippen MR) is 118 cm³/mol. The van der Waals surface area contributed by atoms with Gasteiger partial charge in [-0.25, -0.2) is 0 Å². The summed E-state index contributed by atoms with van der Waals surface area (Å²) in [7, 11) is 0. The van der Waals surface area contributed by atoms with Gasteiger partial charge in [-0.3, -0.25) is 19.4 Å². The first-order valence-corrected chi connectivity index (χ1v) is 10.7. The monoisotopic (exact) mass is 437 g/mol. The number of nitrogens with zero attached hydrogens (tertiary/aromatic N) is 2. The van der Waals surface area contributed by atoms with Gasteiger partial charge in [-0.05, 0) is 17.7 Å². The number of hydrogen-bond donors (Lipinski definition) is 1. The molecule has 8 heteroatoms. The van der Waals surface area contributed by atoms with Crippen molar-refractivity contribution in [3.05, 3.63) is 88.4 Å². The third-order valence-corrected chi connectivity index (χ3v) is 5.34. The van der Waals surface area contributed by atoms with Crippen LogP contribution in [0.3, 0.4) is 0 Å². The summed E-state index contributed by atoms with van der Waals surface area (Å²) in [5.41, 5.74) is 1.02. The number of nitrogens with one attached hydrogen (secondary N) is 1. The molecule has 0 aliphatic carbocycles. The van der Waals surface area contributed by atoms with Gasteiger partial charge in [-0.15, -0.1) is 0 Å². The van der Waals surface area contributed by atoms with Crippen LogP contribution in [0, 0.1) is 0 Å². The lowest BCUT2D eigenvalue weighted by atomic mass is 10.2.